The Balaban J connectivity index is 1.80. The number of nitrogens with one attached hydrogen (secondary N) is 3. The Morgan fingerprint density at radius 1 is 1.03 bits per heavy atom. The molecule has 2 aromatic rings. The van der Waals surface area contributed by atoms with Crippen LogP contribution in [0.1, 0.15) is 49.9 Å². The molecule has 3 N–H and O–H groups in total. The van der Waals surface area contributed by atoms with Crippen molar-refractivity contribution in [3.63, 3.8) is 0 Å². The van der Waals surface area contributed by atoms with Gasteiger partial charge in [-0.1, -0.05) is 13.0 Å². The second-order valence-corrected chi connectivity index (χ2v) is 7.65. The standard InChI is InChI=1S/C23H29FN4O2/c1-3-16(2)25-22(29)20-15-19(10-11-21(20)28-12-5-4-6-13-28)27-23(30)26-18-9-7-8-17(24)14-18/h7-11,14-16H,3-6,12-13H2,1-2H3,(H,25,29)(H2,26,27,30)/t16-/m1/s1. The summed E-state index contributed by atoms with van der Waals surface area (Å²) >= 11 is 0. The van der Waals surface area contributed by atoms with Gasteiger partial charge in [0.2, 0.25) is 0 Å². The summed E-state index contributed by atoms with van der Waals surface area (Å²) in [6, 6.07) is 10.6. The predicted octanol–water partition coefficient (Wildman–Crippen LogP) is 4.99. The zero-order valence-electron chi connectivity index (χ0n) is 17.5. The maximum absolute atomic E-state index is 13.3. The second kappa shape index (κ2) is 10.1. The van der Waals surface area contributed by atoms with Gasteiger partial charge < -0.3 is 20.9 Å². The molecule has 0 spiro atoms. The Hall–Kier alpha value is -3.09. The van der Waals surface area contributed by atoms with Gasteiger partial charge in [0.05, 0.1) is 5.56 Å². The van der Waals surface area contributed by atoms with Gasteiger partial charge in [0.15, 0.2) is 0 Å². The molecule has 3 amide bonds. The average molecular weight is 413 g/mol. The van der Waals surface area contributed by atoms with Crippen molar-refractivity contribution in [2.24, 2.45) is 0 Å². The SMILES string of the molecule is CC[C@@H](C)NC(=O)c1cc(NC(=O)Nc2cccc(F)c2)ccc1N1CCCCC1. The maximum Gasteiger partial charge on any atom is 0.323 e. The number of nitrogens with zero attached hydrogens (tertiary/aromatic N) is 1. The fraction of sp³-hybridized carbons (Fsp3) is 0.391. The van der Waals surface area contributed by atoms with Crippen LogP contribution >= 0.6 is 0 Å². The summed E-state index contributed by atoms with van der Waals surface area (Å²) < 4.78 is 13.3. The molecule has 0 radical (unpaired) electrons. The van der Waals surface area contributed by atoms with Crippen LogP contribution in [0.15, 0.2) is 42.5 Å². The number of hydrogen-bond acceptors (Lipinski definition) is 3. The minimum absolute atomic E-state index is 0.0552. The normalized spacial score (nSPS) is 14.7. The largest absolute Gasteiger partial charge is 0.371 e. The third kappa shape index (κ3) is 5.72. The molecule has 6 nitrogen and oxygen atoms in total. The molecule has 2 aromatic carbocycles. The Morgan fingerprint density at radius 3 is 2.40 bits per heavy atom. The van der Waals surface area contributed by atoms with Crippen molar-refractivity contribution in [1.29, 1.82) is 0 Å². The number of hydrogen-bond donors (Lipinski definition) is 3. The highest BCUT2D eigenvalue weighted by Crippen LogP contribution is 2.27. The van der Waals surface area contributed by atoms with E-state index >= 15 is 0 Å². The van der Waals surface area contributed by atoms with Crippen LogP contribution in [0.2, 0.25) is 0 Å². The molecule has 0 aliphatic carbocycles. The van der Waals surface area contributed by atoms with E-state index in [0.717, 1.165) is 38.0 Å². The van der Waals surface area contributed by atoms with Crippen molar-refractivity contribution in [2.75, 3.05) is 28.6 Å². The van der Waals surface area contributed by atoms with Gasteiger partial charge in [-0.2, -0.15) is 0 Å². The van der Waals surface area contributed by atoms with Gasteiger partial charge in [-0.25, -0.2) is 9.18 Å². The maximum atomic E-state index is 13.3. The van der Waals surface area contributed by atoms with Crippen LogP contribution < -0.4 is 20.9 Å². The first-order valence-corrected chi connectivity index (χ1v) is 10.5. The lowest BCUT2D eigenvalue weighted by Crippen LogP contribution is -2.35. The van der Waals surface area contributed by atoms with Crippen molar-refractivity contribution in [2.45, 2.75) is 45.6 Å². The molecule has 1 fully saturated rings. The van der Waals surface area contributed by atoms with Crippen LogP contribution in [0, 0.1) is 5.82 Å². The fourth-order valence-corrected chi connectivity index (χ4v) is 3.47. The topological polar surface area (TPSA) is 73.5 Å². The molecule has 1 saturated heterocycles. The lowest BCUT2D eigenvalue weighted by molar-refractivity contribution is 0.0939. The number of amides is 3. The zero-order chi connectivity index (χ0) is 21.5. The van der Waals surface area contributed by atoms with Crippen molar-refractivity contribution >= 4 is 29.0 Å². The van der Waals surface area contributed by atoms with Gasteiger partial charge in [0.1, 0.15) is 5.82 Å². The smallest absolute Gasteiger partial charge is 0.323 e. The molecule has 0 unspecified atom stereocenters. The first kappa shape index (κ1) is 21.6. The van der Waals surface area contributed by atoms with Crippen LogP contribution in [-0.4, -0.2) is 31.1 Å². The summed E-state index contributed by atoms with van der Waals surface area (Å²) in [6.07, 6.45) is 4.23. The summed E-state index contributed by atoms with van der Waals surface area (Å²) in [5.41, 5.74) is 2.28. The van der Waals surface area contributed by atoms with E-state index in [9.17, 15) is 14.0 Å². The van der Waals surface area contributed by atoms with Gasteiger partial charge in [0.25, 0.3) is 5.91 Å². The van der Waals surface area contributed by atoms with E-state index in [4.69, 9.17) is 0 Å². The van der Waals surface area contributed by atoms with Crippen molar-refractivity contribution in [3.8, 4) is 0 Å². The number of rotatable bonds is 6. The third-order valence-corrected chi connectivity index (χ3v) is 5.27. The summed E-state index contributed by atoms with van der Waals surface area (Å²) in [4.78, 5) is 27.5. The molecule has 1 aliphatic rings. The number of halogens is 1. The number of urea groups is 1. The molecule has 160 valence electrons. The Labute approximate surface area is 176 Å². The molecule has 1 heterocycles. The van der Waals surface area contributed by atoms with Gasteiger partial charge in [-0.15, -0.1) is 0 Å². The van der Waals surface area contributed by atoms with Crippen LogP contribution in [0.4, 0.5) is 26.2 Å². The van der Waals surface area contributed by atoms with E-state index in [-0.39, 0.29) is 11.9 Å². The van der Waals surface area contributed by atoms with Crippen LogP contribution in [0.25, 0.3) is 0 Å². The average Bonchev–Trinajstić information content (AvgIpc) is 2.74. The molecule has 3 rings (SSSR count). The van der Waals surface area contributed by atoms with Crippen LogP contribution in [0.5, 0.6) is 0 Å². The number of piperidine rings is 1. The lowest BCUT2D eigenvalue weighted by atomic mass is 10.1. The molecule has 0 aromatic heterocycles. The summed E-state index contributed by atoms with van der Waals surface area (Å²) in [5.74, 6) is -0.582. The van der Waals surface area contributed by atoms with E-state index in [1.807, 2.05) is 19.9 Å². The minimum atomic E-state index is -0.500. The first-order valence-electron chi connectivity index (χ1n) is 10.5. The Kier molecular flexibility index (Phi) is 7.27. The van der Waals surface area contributed by atoms with Crippen molar-refractivity contribution in [3.05, 3.63) is 53.8 Å². The quantitative estimate of drug-likeness (QED) is 0.626. The number of carbonyl (C=O) groups is 2. The third-order valence-electron chi connectivity index (χ3n) is 5.27. The van der Waals surface area contributed by atoms with E-state index in [2.05, 4.69) is 20.9 Å². The van der Waals surface area contributed by atoms with E-state index in [1.54, 1.807) is 18.2 Å². The van der Waals surface area contributed by atoms with E-state index < -0.39 is 11.8 Å². The van der Waals surface area contributed by atoms with Gasteiger partial charge in [-0.3, -0.25) is 4.79 Å². The highest BCUT2D eigenvalue weighted by molar-refractivity contribution is 6.04. The van der Waals surface area contributed by atoms with E-state index in [1.165, 1.54) is 24.6 Å². The number of anilines is 3. The highest BCUT2D eigenvalue weighted by Gasteiger charge is 2.20. The van der Waals surface area contributed by atoms with Crippen LogP contribution in [0.3, 0.4) is 0 Å². The molecule has 0 bridgehead atoms. The Morgan fingerprint density at radius 2 is 1.73 bits per heavy atom. The van der Waals surface area contributed by atoms with Gasteiger partial charge in [-0.05, 0) is 69.0 Å². The molecule has 1 aliphatic heterocycles. The fourth-order valence-electron chi connectivity index (χ4n) is 3.47. The monoisotopic (exact) mass is 412 g/mol. The van der Waals surface area contributed by atoms with Crippen molar-refractivity contribution in [1.82, 2.24) is 5.32 Å². The molecule has 7 heteroatoms. The second-order valence-electron chi connectivity index (χ2n) is 7.65. The van der Waals surface area contributed by atoms with Gasteiger partial charge in [0, 0.05) is 36.2 Å². The van der Waals surface area contributed by atoms with Crippen molar-refractivity contribution < 1.29 is 14.0 Å². The Bertz CT molecular complexity index is 897. The van der Waals surface area contributed by atoms with Crippen LogP contribution in [-0.2, 0) is 0 Å². The minimum Gasteiger partial charge on any atom is -0.371 e. The summed E-state index contributed by atoms with van der Waals surface area (Å²) in [5, 5.41) is 8.35. The summed E-state index contributed by atoms with van der Waals surface area (Å²) in [6.45, 7) is 5.81. The summed E-state index contributed by atoms with van der Waals surface area (Å²) in [7, 11) is 0. The number of benzene rings is 2. The molecule has 30 heavy (non-hydrogen) atoms. The first-order chi connectivity index (χ1) is 14.5. The number of carbonyl (C=O) groups excluding carboxylic acids is 2. The molecule has 0 saturated carbocycles. The molecule has 1 atom stereocenters. The lowest BCUT2D eigenvalue weighted by Gasteiger charge is -2.31. The zero-order valence-corrected chi connectivity index (χ0v) is 17.5. The van der Waals surface area contributed by atoms with E-state index in [0.29, 0.717) is 16.9 Å². The predicted molar refractivity (Wildman–Crippen MR) is 119 cm³/mol. The molecular weight excluding hydrogens is 383 g/mol. The molecular formula is C23H29FN4O2. The van der Waals surface area contributed by atoms with Gasteiger partial charge >= 0.3 is 6.03 Å². The highest BCUT2D eigenvalue weighted by atomic mass is 19.1.